The first-order chi connectivity index (χ1) is 16.6. The Hall–Kier alpha value is -4.29. The van der Waals surface area contributed by atoms with E-state index >= 15 is 0 Å². The molecule has 0 aliphatic rings. The van der Waals surface area contributed by atoms with E-state index in [-0.39, 0.29) is 5.91 Å². The van der Waals surface area contributed by atoms with Gasteiger partial charge in [-0.2, -0.15) is 0 Å². The van der Waals surface area contributed by atoms with Crippen molar-refractivity contribution in [3.05, 3.63) is 114 Å². The minimum atomic E-state index is -0.204. The smallest absolute Gasteiger partial charge is 0.257 e. The molecule has 0 spiro atoms. The number of aryl methyl sites for hydroxylation is 1. The number of rotatable bonds is 6. The number of anilines is 1. The first-order valence-electron chi connectivity index (χ1n) is 11.2. The summed E-state index contributed by atoms with van der Waals surface area (Å²) >= 11 is 0. The molecular formula is C28H25N5O. The summed E-state index contributed by atoms with van der Waals surface area (Å²) in [7, 11) is 0. The molecule has 168 valence electrons. The van der Waals surface area contributed by atoms with E-state index in [4.69, 9.17) is 5.73 Å². The van der Waals surface area contributed by atoms with Crippen molar-refractivity contribution in [3.63, 3.8) is 0 Å². The molecule has 0 saturated carbocycles. The second-order valence-corrected chi connectivity index (χ2v) is 8.30. The van der Waals surface area contributed by atoms with Gasteiger partial charge >= 0.3 is 0 Å². The van der Waals surface area contributed by atoms with Gasteiger partial charge in [-0.1, -0.05) is 30.3 Å². The highest BCUT2D eigenvalue weighted by atomic mass is 16.1. The fraction of sp³-hybridized carbons (Fsp3) is 0.107. The number of carbonyl (C=O) groups excluding carboxylic acids is 1. The number of hydrogen-bond donors (Lipinski definition) is 2. The second-order valence-electron chi connectivity index (χ2n) is 8.30. The number of hydrogen-bond acceptors (Lipinski definition) is 4. The van der Waals surface area contributed by atoms with Crippen LogP contribution in [0.1, 0.15) is 27.0 Å². The number of amides is 1. The minimum absolute atomic E-state index is 0.204. The third-order valence-corrected chi connectivity index (χ3v) is 5.95. The molecule has 1 amide bonds. The van der Waals surface area contributed by atoms with Gasteiger partial charge in [0.15, 0.2) is 0 Å². The Balaban J connectivity index is 1.32. The lowest BCUT2D eigenvalue weighted by molar-refractivity contribution is 0.102. The second kappa shape index (κ2) is 9.29. The average molecular weight is 448 g/mol. The van der Waals surface area contributed by atoms with Crippen LogP contribution in [0, 0.1) is 6.92 Å². The van der Waals surface area contributed by atoms with Gasteiger partial charge in [-0.3, -0.25) is 14.8 Å². The Labute approximate surface area is 198 Å². The van der Waals surface area contributed by atoms with Gasteiger partial charge in [-0.05, 0) is 60.0 Å². The zero-order chi connectivity index (χ0) is 23.5. The van der Waals surface area contributed by atoms with Crippen molar-refractivity contribution in [3.8, 4) is 11.3 Å². The van der Waals surface area contributed by atoms with Crippen LogP contribution in [0.4, 0.5) is 5.69 Å². The molecule has 6 nitrogen and oxygen atoms in total. The molecule has 0 fully saturated rings. The highest BCUT2D eigenvalue weighted by Gasteiger charge is 2.12. The van der Waals surface area contributed by atoms with Gasteiger partial charge in [0, 0.05) is 54.5 Å². The van der Waals surface area contributed by atoms with Crippen molar-refractivity contribution < 1.29 is 4.79 Å². The highest BCUT2D eigenvalue weighted by Crippen LogP contribution is 2.26. The van der Waals surface area contributed by atoms with Crippen molar-refractivity contribution in [2.24, 2.45) is 5.73 Å². The number of carbonyl (C=O) groups is 1. The molecule has 3 N–H and O–H groups in total. The number of nitrogens with two attached hydrogens (primary N) is 1. The van der Waals surface area contributed by atoms with Gasteiger partial charge in [-0.15, -0.1) is 0 Å². The number of nitrogens with one attached hydrogen (secondary N) is 1. The van der Waals surface area contributed by atoms with Gasteiger partial charge in [0.1, 0.15) is 0 Å². The number of nitrogens with zero attached hydrogens (tertiary/aromatic N) is 3. The maximum Gasteiger partial charge on any atom is 0.257 e. The van der Waals surface area contributed by atoms with Crippen LogP contribution in [0.15, 0.2) is 91.5 Å². The topological polar surface area (TPSA) is 85.8 Å². The zero-order valence-electron chi connectivity index (χ0n) is 18.9. The lowest BCUT2D eigenvalue weighted by atomic mass is 10.1. The highest BCUT2D eigenvalue weighted by molar-refractivity contribution is 6.05. The van der Waals surface area contributed by atoms with Crippen molar-refractivity contribution in [2.45, 2.75) is 20.0 Å². The number of aromatic nitrogens is 3. The summed E-state index contributed by atoms with van der Waals surface area (Å²) in [5.41, 5.74) is 12.7. The molecule has 5 rings (SSSR count). The summed E-state index contributed by atoms with van der Waals surface area (Å²) in [6.45, 7) is 3.25. The van der Waals surface area contributed by atoms with E-state index in [1.54, 1.807) is 12.3 Å². The molecule has 0 bridgehead atoms. The lowest BCUT2D eigenvalue weighted by Crippen LogP contribution is -2.13. The van der Waals surface area contributed by atoms with E-state index in [0.717, 1.165) is 51.1 Å². The Morgan fingerprint density at radius 2 is 1.74 bits per heavy atom. The molecular weight excluding hydrogens is 422 g/mol. The summed E-state index contributed by atoms with van der Waals surface area (Å²) in [6.07, 6.45) is 7.56. The SMILES string of the molecule is Cc1c(NC(=O)c2ccc(-c3ccc(CN)cc3)nc2)ccc2cc(Cn3cccc3)cnc12. The van der Waals surface area contributed by atoms with Crippen LogP contribution in [-0.2, 0) is 13.1 Å². The normalized spacial score (nSPS) is 11.0. The van der Waals surface area contributed by atoms with Crippen LogP contribution in [0.5, 0.6) is 0 Å². The van der Waals surface area contributed by atoms with Gasteiger partial charge in [0.25, 0.3) is 5.91 Å². The van der Waals surface area contributed by atoms with Crippen molar-refractivity contribution in [2.75, 3.05) is 5.32 Å². The third kappa shape index (κ3) is 4.44. The zero-order valence-corrected chi connectivity index (χ0v) is 18.9. The van der Waals surface area contributed by atoms with Crippen LogP contribution in [-0.4, -0.2) is 20.4 Å². The van der Waals surface area contributed by atoms with Crippen LogP contribution >= 0.6 is 0 Å². The summed E-state index contributed by atoms with van der Waals surface area (Å²) in [5, 5.41) is 4.05. The fourth-order valence-corrected chi connectivity index (χ4v) is 4.01. The molecule has 5 aromatic rings. The van der Waals surface area contributed by atoms with Gasteiger partial charge < -0.3 is 15.6 Å². The molecule has 2 aromatic carbocycles. The molecule has 0 atom stereocenters. The Morgan fingerprint density at radius 3 is 2.44 bits per heavy atom. The van der Waals surface area contributed by atoms with E-state index in [0.29, 0.717) is 12.1 Å². The lowest BCUT2D eigenvalue weighted by Gasteiger charge is -2.12. The first-order valence-corrected chi connectivity index (χ1v) is 11.2. The van der Waals surface area contributed by atoms with E-state index in [1.807, 2.05) is 80.1 Å². The summed E-state index contributed by atoms with van der Waals surface area (Å²) in [5.74, 6) is -0.204. The number of fused-ring (bicyclic) bond motifs is 1. The third-order valence-electron chi connectivity index (χ3n) is 5.95. The Morgan fingerprint density at radius 1 is 0.941 bits per heavy atom. The minimum Gasteiger partial charge on any atom is -0.350 e. The van der Waals surface area contributed by atoms with Gasteiger partial charge in [-0.25, -0.2) is 0 Å². The van der Waals surface area contributed by atoms with E-state index < -0.39 is 0 Å². The molecule has 3 aromatic heterocycles. The predicted octanol–water partition coefficient (Wildman–Crippen LogP) is 5.17. The molecule has 0 aliphatic heterocycles. The maximum absolute atomic E-state index is 12.9. The molecule has 6 heteroatoms. The molecule has 0 saturated heterocycles. The molecule has 34 heavy (non-hydrogen) atoms. The average Bonchev–Trinajstić information content (AvgIpc) is 3.39. The summed E-state index contributed by atoms with van der Waals surface area (Å²) in [4.78, 5) is 22.0. The van der Waals surface area contributed by atoms with E-state index in [2.05, 4.69) is 25.9 Å². The monoisotopic (exact) mass is 447 g/mol. The van der Waals surface area contributed by atoms with Crippen LogP contribution in [0.3, 0.4) is 0 Å². The summed E-state index contributed by atoms with van der Waals surface area (Å²) < 4.78 is 2.11. The largest absolute Gasteiger partial charge is 0.350 e. The van der Waals surface area contributed by atoms with Crippen molar-refractivity contribution in [1.29, 1.82) is 0 Å². The van der Waals surface area contributed by atoms with E-state index in [1.165, 1.54) is 0 Å². The van der Waals surface area contributed by atoms with Crippen molar-refractivity contribution in [1.82, 2.24) is 14.5 Å². The van der Waals surface area contributed by atoms with Gasteiger partial charge in [0.05, 0.1) is 16.8 Å². The standard InChI is InChI=1S/C28H25N5O/c1-19-25(10-8-23-14-21(16-31-27(19)23)18-33-12-2-3-13-33)32-28(34)24-9-11-26(30-17-24)22-6-4-20(15-29)5-7-22/h2-14,16-17H,15,18,29H2,1H3,(H,32,34). The molecule has 3 heterocycles. The van der Waals surface area contributed by atoms with Crippen LogP contribution < -0.4 is 11.1 Å². The fourth-order valence-electron chi connectivity index (χ4n) is 4.01. The molecule has 0 aliphatic carbocycles. The Bertz CT molecular complexity index is 1440. The Kier molecular flexibility index (Phi) is 5.89. The summed E-state index contributed by atoms with van der Waals surface area (Å²) in [6, 6.07) is 21.7. The van der Waals surface area contributed by atoms with Crippen LogP contribution in [0.25, 0.3) is 22.2 Å². The van der Waals surface area contributed by atoms with Crippen molar-refractivity contribution >= 4 is 22.5 Å². The van der Waals surface area contributed by atoms with E-state index in [9.17, 15) is 4.79 Å². The molecule has 0 unspecified atom stereocenters. The van der Waals surface area contributed by atoms with Gasteiger partial charge in [0.2, 0.25) is 0 Å². The first kappa shape index (κ1) is 21.6. The predicted molar refractivity (Wildman–Crippen MR) is 136 cm³/mol. The number of pyridine rings is 2. The van der Waals surface area contributed by atoms with Crippen LogP contribution in [0.2, 0.25) is 0 Å². The molecule has 0 radical (unpaired) electrons. The quantitative estimate of drug-likeness (QED) is 0.376. The number of benzene rings is 2. The maximum atomic E-state index is 12.9.